The first-order valence-electron chi connectivity index (χ1n) is 12.0. The molecular formula is C26H33N3O3. The van der Waals surface area contributed by atoms with Gasteiger partial charge < -0.3 is 14.4 Å². The first-order valence-corrected chi connectivity index (χ1v) is 12.0. The van der Waals surface area contributed by atoms with Crippen molar-refractivity contribution in [1.82, 2.24) is 9.80 Å². The molecule has 1 unspecified atom stereocenters. The minimum Gasteiger partial charge on any atom is -0.486 e. The van der Waals surface area contributed by atoms with Crippen molar-refractivity contribution in [3.8, 4) is 11.5 Å². The third kappa shape index (κ3) is 4.85. The fraction of sp³-hybridized carbons (Fsp3) is 0.500. The Hall–Kier alpha value is -2.73. The minimum absolute atomic E-state index is 0.0939. The molecule has 0 aliphatic carbocycles. The largest absolute Gasteiger partial charge is 0.486 e. The van der Waals surface area contributed by atoms with Crippen LogP contribution in [0.5, 0.6) is 11.5 Å². The maximum Gasteiger partial charge on any atom is 0.324 e. The third-order valence-electron chi connectivity index (χ3n) is 6.92. The summed E-state index contributed by atoms with van der Waals surface area (Å²) in [6.07, 6.45) is 4.60. The smallest absolute Gasteiger partial charge is 0.324 e. The number of fused-ring (bicyclic) bond motifs is 1. The Morgan fingerprint density at radius 1 is 0.875 bits per heavy atom. The molecule has 0 N–H and O–H groups in total. The Labute approximate surface area is 190 Å². The van der Waals surface area contributed by atoms with E-state index >= 15 is 0 Å². The highest BCUT2D eigenvalue weighted by molar-refractivity contribution is 5.92. The van der Waals surface area contributed by atoms with E-state index in [1.807, 2.05) is 64.4 Å². The monoisotopic (exact) mass is 435 g/mol. The lowest BCUT2D eigenvalue weighted by atomic mass is 9.93. The van der Waals surface area contributed by atoms with Gasteiger partial charge in [0.15, 0.2) is 11.5 Å². The van der Waals surface area contributed by atoms with Crippen molar-refractivity contribution < 1.29 is 14.3 Å². The molecule has 170 valence electrons. The number of benzene rings is 2. The fourth-order valence-corrected chi connectivity index (χ4v) is 5.07. The van der Waals surface area contributed by atoms with Crippen LogP contribution in [0.2, 0.25) is 0 Å². The summed E-state index contributed by atoms with van der Waals surface area (Å²) in [4.78, 5) is 19.5. The number of ether oxygens (including phenoxy) is 2. The fourth-order valence-electron chi connectivity index (χ4n) is 5.07. The molecule has 2 saturated heterocycles. The van der Waals surface area contributed by atoms with Crippen molar-refractivity contribution in [3.63, 3.8) is 0 Å². The van der Waals surface area contributed by atoms with Gasteiger partial charge >= 0.3 is 6.03 Å². The van der Waals surface area contributed by atoms with Crippen LogP contribution in [-0.2, 0) is 0 Å². The molecule has 3 aliphatic heterocycles. The van der Waals surface area contributed by atoms with Gasteiger partial charge in [0.05, 0.1) is 0 Å². The maximum atomic E-state index is 13.0. The standard InChI is InChI=1S/C26H33N3O3/c30-26-28(14-6-15-29(26)22-7-2-1-3-8-22)18-13-21-11-16-27(17-12-21)19-23-20-31-24-9-4-5-10-25(24)32-23/h1-5,7-10,21,23H,6,11-20H2. The predicted molar refractivity (Wildman–Crippen MR) is 126 cm³/mol. The minimum atomic E-state index is 0.0939. The van der Waals surface area contributed by atoms with Crippen LogP contribution in [-0.4, -0.2) is 67.8 Å². The Balaban J connectivity index is 1.06. The van der Waals surface area contributed by atoms with Crippen molar-refractivity contribution >= 4 is 11.7 Å². The van der Waals surface area contributed by atoms with Crippen LogP contribution in [0.25, 0.3) is 0 Å². The SMILES string of the molecule is O=C1N(CCC2CCN(CC3COc4ccccc4O3)CC2)CCCN1c1ccccc1. The molecular weight excluding hydrogens is 402 g/mol. The Bertz CT molecular complexity index is 898. The zero-order valence-electron chi connectivity index (χ0n) is 18.7. The van der Waals surface area contributed by atoms with E-state index in [0.29, 0.717) is 12.5 Å². The maximum absolute atomic E-state index is 13.0. The van der Waals surface area contributed by atoms with E-state index in [0.717, 1.165) is 69.3 Å². The number of hydrogen-bond acceptors (Lipinski definition) is 4. The van der Waals surface area contributed by atoms with Crippen LogP contribution in [0.3, 0.4) is 0 Å². The number of hydrogen-bond donors (Lipinski definition) is 0. The highest BCUT2D eigenvalue weighted by Gasteiger charge is 2.29. The number of rotatable bonds is 6. The van der Waals surface area contributed by atoms with Crippen molar-refractivity contribution in [2.45, 2.75) is 31.8 Å². The summed E-state index contributed by atoms with van der Waals surface area (Å²) >= 11 is 0. The first kappa shape index (κ1) is 21.1. The van der Waals surface area contributed by atoms with Crippen LogP contribution in [0, 0.1) is 5.92 Å². The summed E-state index contributed by atoms with van der Waals surface area (Å²) < 4.78 is 12.0. The first-order chi connectivity index (χ1) is 15.8. The number of nitrogens with zero attached hydrogens (tertiary/aromatic N) is 3. The molecule has 6 heteroatoms. The number of carbonyl (C=O) groups is 1. The number of carbonyl (C=O) groups excluding carboxylic acids is 1. The van der Waals surface area contributed by atoms with E-state index < -0.39 is 0 Å². The molecule has 0 bridgehead atoms. The van der Waals surface area contributed by atoms with Crippen LogP contribution in [0.15, 0.2) is 54.6 Å². The van der Waals surface area contributed by atoms with Gasteiger partial charge in [-0.1, -0.05) is 30.3 Å². The molecule has 2 amide bonds. The molecule has 5 rings (SSSR count). The molecule has 2 fully saturated rings. The Morgan fingerprint density at radius 3 is 2.44 bits per heavy atom. The van der Waals surface area contributed by atoms with E-state index in [9.17, 15) is 4.79 Å². The average molecular weight is 436 g/mol. The number of likely N-dealkylation sites (tertiary alicyclic amines) is 1. The summed E-state index contributed by atoms with van der Waals surface area (Å²) in [6, 6.07) is 18.1. The highest BCUT2D eigenvalue weighted by Crippen LogP contribution is 2.31. The predicted octanol–water partition coefficient (Wildman–Crippen LogP) is 4.26. The van der Waals surface area contributed by atoms with E-state index in [1.54, 1.807) is 0 Å². The van der Waals surface area contributed by atoms with Crippen molar-refractivity contribution in [2.75, 3.05) is 50.8 Å². The molecule has 32 heavy (non-hydrogen) atoms. The van der Waals surface area contributed by atoms with Gasteiger partial charge in [-0.3, -0.25) is 9.80 Å². The van der Waals surface area contributed by atoms with E-state index in [4.69, 9.17) is 9.47 Å². The van der Waals surface area contributed by atoms with E-state index in [2.05, 4.69) is 4.90 Å². The summed E-state index contributed by atoms with van der Waals surface area (Å²) in [6.45, 7) is 6.27. The second-order valence-electron chi connectivity index (χ2n) is 9.14. The molecule has 0 saturated carbocycles. The molecule has 0 radical (unpaired) electrons. The lowest BCUT2D eigenvalue weighted by molar-refractivity contribution is 0.0467. The second kappa shape index (κ2) is 9.82. The van der Waals surface area contributed by atoms with Gasteiger partial charge in [0.25, 0.3) is 0 Å². The van der Waals surface area contributed by atoms with Crippen molar-refractivity contribution in [2.24, 2.45) is 5.92 Å². The molecule has 3 heterocycles. The number of urea groups is 1. The molecule has 3 aliphatic rings. The quantitative estimate of drug-likeness (QED) is 0.680. The average Bonchev–Trinajstić information content (AvgIpc) is 2.85. The van der Waals surface area contributed by atoms with Gasteiger partial charge in [-0.15, -0.1) is 0 Å². The van der Waals surface area contributed by atoms with Crippen molar-refractivity contribution in [3.05, 3.63) is 54.6 Å². The zero-order chi connectivity index (χ0) is 21.8. The molecule has 2 aromatic rings. The van der Waals surface area contributed by atoms with Crippen LogP contribution < -0.4 is 14.4 Å². The van der Waals surface area contributed by atoms with Crippen LogP contribution in [0.1, 0.15) is 25.7 Å². The molecule has 1 atom stereocenters. The van der Waals surface area contributed by atoms with Crippen molar-refractivity contribution in [1.29, 1.82) is 0 Å². The van der Waals surface area contributed by atoms with Crippen LogP contribution in [0.4, 0.5) is 10.5 Å². The normalized spacial score (nSPS) is 22.2. The van der Waals surface area contributed by atoms with Gasteiger partial charge in [0, 0.05) is 31.9 Å². The summed E-state index contributed by atoms with van der Waals surface area (Å²) in [5.41, 5.74) is 1.01. The van der Waals surface area contributed by atoms with Gasteiger partial charge in [0.2, 0.25) is 0 Å². The van der Waals surface area contributed by atoms with E-state index in [-0.39, 0.29) is 12.1 Å². The lowest BCUT2D eigenvalue weighted by Gasteiger charge is -2.38. The number of piperidine rings is 1. The van der Waals surface area contributed by atoms with Gasteiger partial charge in [-0.25, -0.2) is 4.79 Å². The number of anilines is 1. The molecule has 0 spiro atoms. The van der Waals surface area contributed by atoms with Crippen LogP contribution >= 0.6 is 0 Å². The Morgan fingerprint density at radius 2 is 1.62 bits per heavy atom. The summed E-state index contributed by atoms with van der Waals surface area (Å²) in [5, 5.41) is 0. The molecule has 0 aromatic heterocycles. The molecule has 2 aromatic carbocycles. The Kier molecular flexibility index (Phi) is 6.49. The topological polar surface area (TPSA) is 45.3 Å². The number of para-hydroxylation sites is 3. The summed E-state index contributed by atoms with van der Waals surface area (Å²) in [5.74, 6) is 2.39. The van der Waals surface area contributed by atoms with E-state index in [1.165, 1.54) is 12.8 Å². The van der Waals surface area contributed by atoms with Gasteiger partial charge in [-0.2, -0.15) is 0 Å². The zero-order valence-corrected chi connectivity index (χ0v) is 18.7. The van der Waals surface area contributed by atoms with Gasteiger partial charge in [-0.05, 0) is 69.0 Å². The number of amides is 2. The summed E-state index contributed by atoms with van der Waals surface area (Å²) in [7, 11) is 0. The third-order valence-corrected chi connectivity index (χ3v) is 6.92. The highest BCUT2D eigenvalue weighted by atomic mass is 16.6. The molecule has 6 nitrogen and oxygen atoms in total. The van der Waals surface area contributed by atoms with Gasteiger partial charge in [0.1, 0.15) is 12.7 Å². The lowest BCUT2D eigenvalue weighted by Crippen LogP contribution is -2.50. The second-order valence-corrected chi connectivity index (χ2v) is 9.14.